The lowest BCUT2D eigenvalue weighted by atomic mass is 10.2. The van der Waals surface area contributed by atoms with Gasteiger partial charge in [-0.2, -0.15) is 0 Å². The molecule has 3 rings (SSSR count). The van der Waals surface area contributed by atoms with Crippen molar-refractivity contribution in [2.75, 3.05) is 25.0 Å². The highest BCUT2D eigenvalue weighted by Gasteiger charge is 2.30. The van der Waals surface area contributed by atoms with Crippen LogP contribution in [-0.2, 0) is 9.53 Å². The number of carbonyl (C=O) groups excluding carboxylic acids is 1. The maximum atomic E-state index is 12.3. The van der Waals surface area contributed by atoms with E-state index in [0.717, 1.165) is 17.2 Å². The smallest absolute Gasteiger partial charge is 0.243 e. The van der Waals surface area contributed by atoms with Crippen molar-refractivity contribution in [3.8, 4) is 0 Å². The normalized spacial score (nSPS) is 20.7. The average Bonchev–Trinajstić information content (AvgIpc) is 3.18. The van der Waals surface area contributed by atoms with Crippen LogP contribution in [0.5, 0.6) is 0 Å². The Kier molecular flexibility index (Phi) is 4.82. The number of hydrogen-bond acceptors (Lipinski definition) is 7. The van der Waals surface area contributed by atoms with E-state index in [-0.39, 0.29) is 18.1 Å². The maximum Gasteiger partial charge on any atom is 0.243 e. The van der Waals surface area contributed by atoms with Crippen LogP contribution in [0, 0.1) is 6.92 Å². The summed E-state index contributed by atoms with van der Waals surface area (Å²) < 4.78 is 5.81. The number of aryl methyl sites for hydroxylation is 1. The number of nitrogens with one attached hydrogen (secondary N) is 1. The summed E-state index contributed by atoms with van der Waals surface area (Å²) in [6.45, 7) is 5.92. The van der Waals surface area contributed by atoms with E-state index in [1.165, 1.54) is 11.3 Å². The van der Waals surface area contributed by atoms with Crippen LogP contribution in [-0.4, -0.2) is 46.5 Å². The van der Waals surface area contributed by atoms with E-state index in [9.17, 15) is 4.79 Å². The van der Waals surface area contributed by atoms with Gasteiger partial charge in [0, 0.05) is 35.7 Å². The second-order valence-electron chi connectivity index (χ2n) is 5.18. The molecule has 1 aliphatic heterocycles. The third-order valence-electron chi connectivity index (χ3n) is 3.60. The number of nitrogens with zero attached hydrogens (tertiary/aromatic N) is 3. The van der Waals surface area contributed by atoms with Gasteiger partial charge in [-0.05, 0) is 13.8 Å². The zero-order valence-electron chi connectivity index (χ0n) is 12.5. The molecule has 0 unspecified atom stereocenters. The second-order valence-corrected chi connectivity index (χ2v) is 6.97. The van der Waals surface area contributed by atoms with Gasteiger partial charge in [-0.3, -0.25) is 9.69 Å². The predicted molar refractivity (Wildman–Crippen MR) is 87.3 cm³/mol. The van der Waals surface area contributed by atoms with E-state index in [1.54, 1.807) is 17.5 Å². The number of carbonyl (C=O) groups is 1. The van der Waals surface area contributed by atoms with Gasteiger partial charge in [-0.1, -0.05) is 0 Å². The standard InChI is InChI=1S/C14H18N4O2S2/c1-9-8-22-13(16-9)11-7-18(4-5-20-11)10(2)12(19)17-14-15-3-6-21-14/h3,6,8,10-11H,4-5,7H2,1-2H3,(H,15,17,19)/t10-,11-/m0/s1. The molecule has 0 aromatic carbocycles. The number of morpholine rings is 1. The fourth-order valence-corrected chi connectivity index (χ4v) is 3.72. The SMILES string of the molecule is Cc1csc([C@@H]2CN([C@@H](C)C(=O)Nc3nccs3)CCO2)n1. The largest absolute Gasteiger partial charge is 0.368 e. The maximum absolute atomic E-state index is 12.3. The van der Waals surface area contributed by atoms with Gasteiger partial charge in [0.15, 0.2) is 5.13 Å². The van der Waals surface area contributed by atoms with Crippen molar-refractivity contribution in [1.29, 1.82) is 0 Å². The highest BCUT2D eigenvalue weighted by atomic mass is 32.1. The van der Waals surface area contributed by atoms with Crippen molar-refractivity contribution >= 4 is 33.7 Å². The van der Waals surface area contributed by atoms with Gasteiger partial charge in [0.05, 0.1) is 12.6 Å². The third-order valence-corrected chi connectivity index (χ3v) is 5.34. The van der Waals surface area contributed by atoms with Gasteiger partial charge in [0.25, 0.3) is 0 Å². The molecule has 0 radical (unpaired) electrons. The minimum atomic E-state index is -0.226. The summed E-state index contributed by atoms with van der Waals surface area (Å²) in [6, 6.07) is -0.226. The van der Waals surface area contributed by atoms with E-state index in [4.69, 9.17) is 4.74 Å². The molecule has 0 spiro atoms. The Morgan fingerprint density at radius 2 is 2.41 bits per heavy atom. The predicted octanol–water partition coefficient (Wildman–Crippen LogP) is 2.31. The topological polar surface area (TPSA) is 67.4 Å². The van der Waals surface area contributed by atoms with Crippen molar-refractivity contribution in [3.63, 3.8) is 0 Å². The van der Waals surface area contributed by atoms with Gasteiger partial charge >= 0.3 is 0 Å². The summed E-state index contributed by atoms with van der Waals surface area (Å²) in [6.07, 6.45) is 1.63. The van der Waals surface area contributed by atoms with Gasteiger partial charge in [0.1, 0.15) is 11.1 Å². The number of aromatic nitrogens is 2. The van der Waals surface area contributed by atoms with Crippen molar-refractivity contribution in [1.82, 2.24) is 14.9 Å². The van der Waals surface area contributed by atoms with Crippen LogP contribution in [0.15, 0.2) is 17.0 Å². The van der Waals surface area contributed by atoms with E-state index < -0.39 is 0 Å². The first kappa shape index (κ1) is 15.5. The fraction of sp³-hybridized carbons (Fsp3) is 0.500. The molecule has 3 heterocycles. The van der Waals surface area contributed by atoms with E-state index in [1.807, 2.05) is 24.6 Å². The number of ether oxygens (including phenoxy) is 1. The Morgan fingerprint density at radius 1 is 1.55 bits per heavy atom. The minimum absolute atomic E-state index is 0.0362. The summed E-state index contributed by atoms with van der Waals surface area (Å²) in [5.74, 6) is -0.0362. The molecule has 2 aromatic heterocycles. The average molecular weight is 338 g/mol. The molecular formula is C14H18N4O2S2. The number of rotatable bonds is 4. The molecule has 0 aliphatic carbocycles. The zero-order valence-corrected chi connectivity index (χ0v) is 14.1. The van der Waals surface area contributed by atoms with Crippen molar-refractivity contribution < 1.29 is 9.53 Å². The Bertz CT molecular complexity index is 629. The number of hydrogen-bond donors (Lipinski definition) is 1. The molecule has 0 saturated carbocycles. The van der Waals surface area contributed by atoms with Gasteiger partial charge in [0.2, 0.25) is 5.91 Å². The number of anilines is 1. The Balaban J connectivity index is 1.62. The van der Waals surface area contributed by atoms with Crippen LogP contribution in [0.1, 0.15) is 23.7 Å². The summed E-state index contributed by atoms with van der Waals surface area (Å²) >= 11 is 3.03. The molecule has 1 N–H and O–H groups in total. The monoisotopic (exact) mass is 338 g/mol. The summed E-state index contributed by atoms with van der Waals surface area (Å²) in [4.78, 5) is 23.0. The number of amides is 1. The first-order valence-electron chi connectivity index (χ1n) is 7.11. The van der Waals surface area contributed by atoms with Crippen LogP contribution < -0.4 is 5.32 Å². The molecule has 1 aliphatic rings. The first-order valence-corrected chi connectivity index (χ1v) is 8.87. The Hall–Kier alpha value is -1.35. The molecule has 8 heteroatoms. The van der Waals surface area contributed by atoms with E-state index in [0.29, 0.717) is 18.3 Å². The molecule has 2 atom stereocenters. The van der Waals surface area contributed by atoms with Crippen molar-refractivity contribution in [2.45, 2.75) is 26.0 Å². The molecular weight excluding hydrogens is 320 g/mol. The summed E-state index contributed by atoms with van der Waals surface area (Å²) in [5, 5.41) is 8.34. The van der Waals surface area contributed by atoms with Crippen LogP contribution in [0.3, 0.4) is 0 Å². The second kappa shape index (κ2) is 6.82. The molecule has 2 aromatic rings. The molecule has 118 valence electrons. The molecule has 1 saturated heterocycles. The van der Waals surface area contributed by atoms with E-state index >= 15 is 0 Å². The van der Waals surface area contributed by atoms with Crippen LogP contribution >= 0.6 is 22.7 Å². The quantitative estimate of drug-likeness (QED) is 0.926. The van der Waals surface area contributed by atoms with Gasteiger partial charge in [-0.25, -0.2) is 9.97 Å². The lowest BCUT2D eigenvalue weighted by molar-refractivity contribution is -0.124. The summed E-state index contributed by atoms with van der Waals surface area (Å²) in [5.41, 5.74) is 1.01. The first-order chi connectivity index (χ1) is 10.6. The summed E-state index contributed by atoms with van der Waals surface area (Å²) in [7, 11) is 0. The van der Waals surface area contributed by atoms with Crippen LogP contribution in [0.4, 0.5) is 5.13 Å². The minimum Gasteiger partial charge on any atom is -0.368 e. The molecule has 1 fully saturated rings. The highest BCUT2D eigenvalue weighted by molar-refractivity contribution is 7.13. The fourth-order valence-electron chi connectivity index (χ4n) is 2.35. The lowest BCUT2D eigenvalue weighted by Gasteiger charge is -2.35. The molecule has 1 amide bonds. The Morgan fingerprint density at radius 3 is 3.09 bits per heavy atom. The highest BCUT2D eigenvalue weighted by Crippen LogP contribution is 2.26. The number of thiazole rings is 2. The van der Waals surface area contributed by atoms with Crippen LogP contribution in [0.25, 0.3) is 0 Å². The molecule has 6 nitrogen and oxygen atoms in total. The zero-order chi connectivity index (χ0) is 15.5. The van der Waals surface area contributed by atoms with Gasteiger partial charge in [-0.15, -0.1) is 22.7 Å². The Labute approximate surface area is 137 Å². The van der Waals surface area contributed by atoms with Gasteiger partial charge < -0.3 is 10.1 Å². The van der Waals surface area contributed by atoms with Crippen molar-refractivity contribution in [3.05, 3.63) is 27.7 Å². The molecule has 22 heavy (non-hydrogen) atoms. The van der Waals surface area contributed by atoms with Crippen molar-refractivity contribution in [2.24, 2.45) is 0 Å². The third kappa shape index (κ3) is 3.52. The lowest BCUT2D eigenvalue weighted by Crippen LogP contribution is -2.48. The molecule has 0 bridgehead atoms. The van der Waals surface area contributed by atoms with E-state index in [2.05, 4.69) is 20.2 Å². The van der Waals surface area contributed by atoms with Crippen LogP contribution in [0.2, 0.25) is 0 Å².